The lowest BCUT2D eigenvalue weighted by Gasteiger charge is -2.06. The van der Waals surface area contributed by atoms with Crippen molar-refractivity contribution < 1.29 is 0 Å². The quantitative estimate of drug-likeness (QED) is 0.912. The van der Waals surface area contributed by atoms with E-state index < -0.39 is 0 Å². The van der Waals surface area contributed by atoms with Crippen molar-refractivity contribution in [3.05, 3.63) is 32.0 Å². The van der Waals surface area contributed by atoms with Crippen molar-refractivity contribution in [3.8, 4) is 0 Å². The third-order valence-electron chi connectivity index (χ3n) is 1.87. The third kappa shape index (κ3) is 2.63. The largest absolute Gasteiger partial charge is 0.368 e. The van der Waals surface area contributed by atoms with E-state index in [-0.39, 0.29) is 5.95 Å². The molecule has 0 fully saturated rings. The summed E-state index contributed by atoms with van der Waals surface area (Å²) in [4.78, 5) is 8.98. The molecule has 0 aromatic carbocycles. The summed E-state index contributed by atoms with van der Waals surface area (Å²) in [5.74, 6) is 0.756. The zero-order valence-electron chi connectivity index (χ0n) is 8.08. The summed E-state index contributed by atoms with van der Waals surface area (Å²) < 4.78 is 1.07. The second-order valence-electron chi connectivity index (χ2n) is 2.97. The Labute approximate surface area is 110 Å². The second-order valence-corrected chi connectivity index (χ2v) is 5.23. The average Bonchev–Trinajstić information content (AvgIpc) is 2.66. The first-order chi connectivity index (χ1) is 7.66. The molecule has 2 aromatic rings. The van der Waals surface area contributed by atoms with E-state index in [0.29, 0.717) is 17.4 Å². The van der Waals surface area contributed by atoms with E-state index in [4.69, 9.17) is 17.3 Å². The van der Waals surface area contributed by atoms with Crippen LogP contribution in [0.1, 0.15) is 4.88 Å². The second kappa shape index (κ2) is 4.99. The number of nitrogen functional groups attached to an aromatic ring is 1. The number of nitrogens with two attached hydrogens (primary N) is 1. The minimum absolute atomic E-state index is 0.206. The van der Waals surface area contributed by atoms with Crippen LogP contribution in [-0.2, 0) is 6.54 Å². The van der Waals surface area contributed by atoms with E-state index >= 15 is 0 Å². The summed E-state index contributed by atoms with van der Waals surface area (Å²) >= 11 is 11.0. The fourth-order valence-electron chi connectivity index (χ4n) is 1.12. The standard InChI is InChI=1S/C9H8BrClN4S/c10-5-1-2-16-7(5)4-13-8-6(11)3-14-9(12)15-8/h1-3H,4H2,(H3,12,13,14,15). The van der Waals surface area contributed by atoms with Crippen molar-refractivity contribution >= 4 is 50.6 Å². The van der Waals surface area contributed by atoms with Crippen molar-refractivity contribution in [1.82, 2.24) is 9.97 Å². The first-order valence-electron chi connectivity index (χ1n) is 4.40. The molecule has 0 atom stereocenters. The van der Waals surface area contributed by atoms with Crippen LogP contribution in [0.25, 0.3) is 0 Å². The number of nitrogens with zero attached hydrogens (tertiary/aromatic N) is 2. The fourth-order valence-corrected chi connectivity index (χ4v) is 2.71. The molecule has 2 rings (SSSR count). The predicted molar refractivity (Wildman–Crippen MR) is 70.8 cm³/mol. The third-order valence-corrected chi connectivity index (χ3v) is 4.07. The van der Waals surface area contributed by atoms with Crippen molar-refractivity contribution in [2.45, 2.75) is 6.54 Å². The molecule has 0 aliphatic rings. The van der Waals surface area contributed by atoms with Crippen LogP contribution in [0.4, 0.5) is 11.8 Å². The molecule has 3 N–H and O–H groups in total. The molecule has 0 amide bonds. The van der Waals surface area contributed by atoms with E-state index in [9.17, 15) is 0 Å². The Morgan fingerprint density at radius 3 is 3.06 bits per heavy atom. The monoisotopic (exact) mass is 318 g/mol. The molecular formula is C9H8BrClN4S. The summed E-state index contributed by atoms with van der Waals surface area (Å²) in [5.41, 5.74) is 5.48. The van der Waals surface area contributed by atoms with Gasteiger partial charge in [0.1, 0.15) is 5.02 Å². The van der Waals surface area contributed by atoms with Crippen molar-refractivity contribution in [3.63, 3.8) is 0 Å². The number of rotatable bonds is 3. The van der Waals surface area contributed by atoms with Gasteiger partial charge in [0.15, 0.2) is 5.82 Å². The smallest absolute Gasteiger partial charge is 0.222 e. The molecule has 0 aliphatic carbocycles. The number of hydrogen-bond donors (Lipinski definition) is 2. The van der Waals surface area contributed by atoms with Gasteiger partial charge in [0, 0.05) is 9.35 Å². The SMILES string of the molecule is Nc1ncc(Cl)c(NCc2sccc2Br)n1. The van der Waals surface area contributed by atoms with Gasteiger partial charge in [-0.3, -0.25) is 0 Å². The predicted octanol–water partition coefficient (Wildman–Crippen LogP) is 3.15. The molecule has 84 valence electrons. The summed E-state index contributed by atoms with van der Waals surface area (Å²) in [6.45, 7) is 0.647. The lowest BCUT2D eigenvalue weighted by Crippen LogP contribution is -2.04. The van der Waals surface area contributed by atoms with Gasteiger partial charge in [-0.05, 0) is 27.4 Å². The molecule has 7 heteroatoms. The molecule has 0 aliphatic heterocycles. The molecule has 0 bridgehead atoms. The highest BCUT2D eigenvalue weighted by molar-refractivity contribution is 9.10. The number of halogens is 2. The Balaban J connectivity index is 2.10. The summed E-state index contributed by atoms with van der Waals surface area (Å²) in [6.07, 6.45) is 1.48. The van der Waals surface area contributed by atoms with Gasteiger partial charge in [-0.15, -0.1) is 11.3 Å². The molecule has 4 nitrogen and oxygen atoms in total. The van der Waals surface area contributed by atoms with Gasteiger partial charge in [-0.1, -0.05) is 11.6 Å². The Morgan fingerprint density at radius 1 is 1.56 bits per heavy atom. The lowest BCUT2D eigenvalue weighted by atomic mass is 10.4. The van der Waals surface area contributed by atoms with Crippen LogP contribution in [-0.4, -0.2) is 9.97 Å². The molecular weight excluding hydrogens is 312 g/mol. The van der Waals surface area contributed by atoms with Gasteiger partial charge in [-0.25, -0.2) is 4.98 Å². The first-order valence-corrected chi connectivity index (χ1v) is 6.45. The van der Waals surface area contributed by atoms with Crippen LogP contribution in [0.3, 0.4) is 0 Å². The topological polar surface area (TPSA) is 63.8 Å². The highest BCUT2D eigenvalue weighted by atomic mass is 79.9. The van der Waals surface area contributed by atoms with Crippen LogP contribution in [0.2, 0.25) is 5.02 Å². The number of anilines is 2. The van der Waals surface area contributed by atoms with Crippen LogP contribution in [0, 0.1) is 0 Å². The highest BCUT2D eigenvalue weighted by Crippen LogP contribution is 2.25. The maximum absolute atomic E-state index is 5.92. The number of thiophene rings is 1. The van der Waals surface area contributed by atoms with Gasteiger partial charge in [-0.2, -0.15) is 4.98 Å². The Kier molecular flexibility index (Phi) is 3.63. The van der Waals surface area contributed by atoms with E-state index in [2.05, 4.69) is 31.2 Å². The minimum atomic E-state index is 0.206. The van der Waals surface area contributed by atoms with Gasteiger partial charge in [0.2, 0.25) is 5.95 Å². The zero-order valence-corrected chi connectivity index (χ0v) is 11.2. The van der Waals surface area contributed by atoms with Gasteiger partial charge < -0.3 is 11.1 Å². The van der Waals surface area contributed by atoms with Gasteiger partial charge in [0.25, 0.3) is 0 Å². The first kappa shape index (κ1) is 11.6. The average molecular weight is 320 g/mol. The Morgan fingerprint density at radius 2 is 2.38 bits per heavy atom. The Bertz CT molecular complexity index is 502. The number of hydrogen-bond acceptors (Lipinski definition) is 5. The van der Waals surface area contributed by atoms with Gasteiger partial charge >= 0.3 is 0 Å². The molecule has 0 spiro atoms. The summed E-state index contributed by atoms with van der Waals surface area (Å²) in [5, 5.41) is 5.59. The molecule has 16 heavy (non-hydrogen) atoms. The lowest BCUT2D eigenvalue weighted by molar-refractivity contribution is 1.10. The van der Waals surface area contributed by atoms with E-state index in [1.807, 2.05) is 11.4 Å². The maximum Gasteiger partial charge on any atom is 0.222 e. The molecule has 0 unspecified atom stereocenters. The molecule has 0 saturated carbocycles. The normalized spacial score (nSPS) is 10.4. The van der Waals surface area contributed by atoms with E-state index in [1.165, 1.54) is 11.1 Å². The van der Waals surface area contributed by atoms with E-state index in [1.54, 1.807) is 11.3 Å². The summed E-state index contributed by atoms with van der Waals surface area (Å²) in [7, 11) is 0. The fraction of sp³-hybridized carbons (Fsp3) is 0.111. The summed E-state index contributed by atoms with van der Waals surface area (Å²) in [6, 6.07) is 2.00. The van der Waals surface area contributed by atoms with Crippen LogP contribution >= 0.6 is 38.9 Å². The highest BCUT2D eigenvalue weighted by Gasteiger charge is 2.05. The zero-order chi connectivity index (χ0) is 11.5. The molecule has 2 aromatic heterocycles. The van der Waals surface area contributed by atoms with Crippen molar-refractivity contribution in [1.29, 1.82) is 0 Å². The van der Waals surface area contributed by atoms with Gasteiger partial charge in [0.05, 0.1) is 12.7 Å². The van der Waals surface area contributed by atoms with E-state index in [0.717, 1.165) is 4.47 Å². The molecule has 2 heterocycles. The minimum Gasteiger partial charge on any atom is -0.368 e. The number of nitrogens with one attached hydrogen (secondary N) is 1. The van der Waals surface area contributed by atoms with Crippen LogP contribution < -0.4 is 11.1 Å². The molecule has 0 radical (unpaired) electrons. The van der Waals surface area contributed by atoms with Crippen molar-refractivity contribution in [2.75, 3.05) is 11.1 Å². The molecule has 0 saturated heterocycles. The number of aromatic nitrogens is 2. The Hall–Kier alpha value is -0.850. The van der Waals surface area contributed by atoms with Crippen molar-refractivity contribution in [2.24, 2.45) is 0 Å². The van der Waals surface area contributed by atoms with Crippen LogP contribution in [0.15, 0.2) is 22.1 Å². The van der Waals surface area contributed by atoms with Crippen LogP contribution in [0.5, 0.6) is 0 Å². The maximum atomic E-state index is 5.92.